The van der Waals surface area contributed by atoms with Crippen LogP contribution in [0.15, 0.2) is 6.33 Å². The second-order valence-electron chi connectivity index (χ2n) is 6.75. The number of rotatable bonds is 3. The van der Waals surface area contributed by atoms with E-state index in [2.05, 4.69) is 20.6 Å². The third-order valence-electron chi connectivity index (χ3n) is 5.05. The van der Waals surface area contributed by atoms with Gasteiger partial charge in [-0.2, -0.15) is 0 Å². The number of fused-ring (bicyclic) bond motifs is 1. The van der Waals surface area contributed by atoms with Crippen molar-refractivity contribution in [3.63, 3.8) is 0 Å². The molecule has 0 radical (unpaired) electrons. The molecule has 8 nitrogen and oxygen atoms in total. The van der Waals surface area contributed by atoms with Gasteiger partial charge in [0.1, 0.15) is 18.0 Å². The second kappa shape index (κ2) is 6.52. The number of ether oxygens (including phenoxy) is 1. The van der Waals surface area contributed by atoms with Gasteiger partial charge in [0.25, 0.3) is 0 Å². The fourth-order valence-corrected chi connectivity index (χ4v) is 3.71. The van der Waals surface area contributed by atoms with Crippen molar-refractivity contribution in [2.45, 2.75) is 31.5 Å². The fraction of sp³-hybridized carbons (Fsp3) is 0.688. The Morgan fingerprint density at radius 3 is 3.00 bits per heavy atom. The Kier molecular flexibility index (Phi) is 4.24. The van der Waals surface area contributed by atoms with Crippen molar-refractivity contribution in [2.24, 2.45) is 0 Å². The van der Waals surface area contributed by atoms with E-state index in [4.69, 9.17) is 4.74 Å². The van der Waals surface area contributed by atoms with Gasteiger partial charge in [0.15, 0.2) is 0 Å². The lowest BCUT2D eigenvalue weighted by molar-refractivity contribution is -0.132. The van der Waals surface area contributed by atoms with Crippen LogP contribution in [0.1, 0.15) is 18.4 Å². The average molecular weight is 332 g/mol. The highest BCUT2D eigenvalue weighted by Crippen LogP contribution is 2.29. The SMILES string of the molecule is CN1CC(=O)N(C2CCNC2)Cc2c(NC3CCOC3)ncnc21. The zero-order valence-corrected chi connectivity index (χ0v) is 14.0. The molecule has 0 spiro atoms. The molecule has 24 heavy (non-hydrogen) atoms. The van der Waals surface area contributed by atoms with Crippen molar-refractivity contribution in [1.29, 1.82) is 0 Å². The van der Waals surface area contributed by atoms with E-state index in [0.29, 0.717) is 19.7 Å². The second-order valence-corrected chi connectivity index (χ2v) is 6.75. The van der Waals surface area contributed by atoms with Crippen LogP contribution in [-0.4, -0.2) is 72.8 Å². The van der Waals surface area contributed by atoms with Gasteiger partial charge < -0.3 is 25.2 Å². The third-order valence-corrected chi connectivity index (χ3v) is 5.05. The predicted molar refractivity (Wildman–Crippen MR) is 90.0 cm³/mol. The number of carbonyl (C=O) groups is 1. The zero-order valence-electron chi connectivity index (χ0n) is 14.0. The normalized spacial score (nSPS) is 27.3. The van der Waals surface area contributed by atoms with Crippen LogP contribution in [0.5, 0.6) is 0 Å². The van der Waals surface area contributed by atoms with E-state index in [-0.39, 0.29) is 18.0 Å². The number of carbonyl (C=O) groups excluding carboxylic acids is 1. The lowest BCUT2D eigenvalue weighted by atomic mass is 10.1. The summed E-state index contributed by atoms with van der Waals surface area (Å²) in [7, 11) is 1.92. The van der Waals surface area contributed by atoms with Gasteiger partial charge >= 0.3 is 0 Å². The molecule has 2 saturated heterocycles. The van der Waals surface area contributed by atoms with Crippen molar-refractivity contribution in [1.82, 2.24) is 20.2 Å². The number of hydrogen-bond acceptors (Lipinski definition) is 7. The van der Waals surface area contributed by atoms with Gasteiger partial charge in [-0.3, -0.25) is 4.79 Å². The summed E-state index contributed by atoms with van der Waals surface area (Å²) in [6.45, 7) is 4.21. The number of anilines is 2. The Hall–Kier alpha value is -1.93. The lowest BCUT2D eigenvalue weighted by Crippen LogP contribution is -2.43. The van der Waals surface area contributed by atoms with Crippen LogP contribution >= 0.6 is 0 Å². The van der Waals surface area contributed by atoms with Crippen LogP contribution in [0.4, 0.5) is 11.6 Å². The van der Waals surface area contributed by atoms with Gasteiger partial charge in [-0.25, -0.2) is 9.97 Å². The summed E-state index contributed by atoms with van der Waals surface area (Å²) in [5.41, 5.74) is 1.00. The summed E-state index contributed by atoms with van der Waals surface area (Å²) in [6.07, 6.45) is 3.55. The number of aromatic nitrogens is 2. The quantitative estimate of drug-likeness (QED) is 0.794. The molecule has 0 bridgehead atoms. The molecule has 4 rings (SSSR count). The van der Waals surface area contributed by atoms with Crippen molar-refractivity contribution in [3.8, 4) is 0 Å². The average Bonchev–Trinajstić information content (AvgIpc) is 3.24. The van der Waals surface area contributed by atoms with E-state index in [1.54, 1.807) is 6.33 Å². The summed E-state index contributed by atoms with van der Waals surface area (Å²) >= 11 is 0. The van der Waals surface area contributed by atoms with Crippen LogP contribution in [-0.2, 0) is 16.1 Å². The van der Waals surface area contributed by atoms with Crippen LogP contribution in [0.25, 0.3) is 0 Å². The Labute approximate surface area is 141 Å². The first-order valence-corrected chi connectivity index (χ1v) is 8.62. The van der Waals surface area contributed by atoms with Crippen molar-refractivity contribution >= 4 is 17.5 Å². The van der Waals surface area contributed by atoms with Crippen molar-refractivity contribution in [2.75, 3.05) is 50.1 Å². The van der Waals surface area contributed by atoms with Gasteiger partial charge in [0.05, 0.1) is 31.3 Å². The Balaban J connectivity index is 1.65. The molecular weight excluding hydrogens is 308 g/mol. The fourth-order valence-electron chi connectivity index (χ4n) is 3.71. The van der Waals surface area contributed by atoms with E-state index in [9.17, 15) is 4.79 Å². The first-order chi connectivity index (χ1) is 11.7. The molecule has 130 valence electrons. The van der Waals surface area contributed by atoms with E-state index in [1.807, 2.05) is 16.8 Å². The molecule has 3 aliphatic rings. The van der Waals surface area contributed by atoms with Crippen LogP contribution in [0, 0.1) is 0 Å². The van der Waals surface area contributed by atoms with Crippen molar-refractivity contribution in [3.05, 3.63) is 11.9 Å². The first-order valence-electron chi connectivity index (χ1n) is 8.62. The smallest absolute Gasteiger partial charge is 0.242 e. The van der Waals surface area contributed by atoms with Crippen LogP contribution < -0.4 is 15.5 Å². The molecule has 3 aliphatic heterocycles. The number of hydrogen-bond donors (Lipinski definition) is 2. The summed E-state index contributed by atoms with van der Waals surface area (Å²) in [5, 5.41) is 6.84. The molecule has 1 aromatic heterocycles. The minimum absolute atomic E-state index is 0.152. The van der Waals surface area contributed by atoms with Gasteiger partial charge in [-0.15, -0.1) is 0 Å². The largest absolute Gasteiger partial charge is 0.379 e. The van der Waals surface area contributed by atoms with Crippen molar-refractivity contribution < 1.29 is 9.53 Å². The van der Waals surface area contributed by atoms with E-state index < -0.39 is 0 Å². The molecule has 1 aromatic rings. The van der Waals surface area contributed by atoms with Crippen LogP contribution in [0.2, 0.25) is 0 Å². The zero-order chi connectivity index (χ0) is 16.5. The highest BCUT2D eigenvalue weighted by Gasteiger charge is 2.33. The predicted octanol–water partition coefficient (Wildman–Crippen LogP) is -0.182. The van der Waals surface area contributed by atoms with E-state index in [0.717, 1.165) is 49.7 Å². The molecule has 0 aromatic carbocycles. The molecule has 2 N–H and O–H groups in total. The van der Waals surface area contributed by atoms with Gasteiger partial charge in [-0.05, 0) is 19.4 Å². The van der Waals surface area contributed by atoms with Gasteiger partial charge in [0, 0.05) is 26.2 Å². The minimum atomic E-state index is 0.152. The van der Waals surface area contributed by atoms with E-state index in [1.165, 1.54) is 0 Å². The maximum Gasteiger partial charge on any atom is 0.242 e. The molecule has 1 amide bonds. The number of likely N-dealkylation sites (N-methyl/N-ethyl adjacent to an activating group) is 1. The highest BCUT2D eigenvalue weighted by atomic mass is 16.5. The number of amides is 1. The monoisotopic (exact) mass is 332 g/mol. The summed E-state index contributed by atoms with van der Waals surface area (Å²) in [4.78, 5) is 25.5. The Morgan fingerprint density at radius 1 is 1.33 bits per heavy atom. The van der Waals surface area contributed by atoms with Crippen LogP contribution in [0.3, 0.4) is 0 Å². The Bertz CT molecular complexity index is 613. The van der Waals surface area contributed by atoms with E-state index >= 15 is 0 Å². The summed E-state index contributed by atoms with van der Waals surface area (Å²) < 4.78 is 5.45. The lowest BCUT2D eigenvalue weighted by Gasteiger charge is -2.27. The molecule has 0 aliphatic carbocycles. The molecule has 8 heteroatoms. The summed E-state index contributed by atoms with van der Waals surface area (Å²) in [5.74, 6) is 1.82. The maximum atomic E-state index is 12.7. The van der Waals surface area contributed by atoms with Gasteiger partial charge in [0.2, 0.25) is 5.91 Å². The minimum Gasteiger partial charge on any atom is -0.379 e. The number of nitrogens with zero attached hydrogens (tertiary/aromatic N) is 4. The summed E-state index contributed by atoms with van der Waals surface area (Å²) in [6, 6.07) is 0.523. The first kappa shape index (κ1) is 15.6. The molecule has 2 atom stereocenters. The molecule has 4 heterocycles. The van der Waals surface area contributed by atoms with Gasteiger partial charge in [-0.1, -0.05) is 0 Å². The molecule has 2 fully saturated rings. The topological polar surface area (TPSA) is 82.6 Å². The number of nitrogens with one attached hydrogen (secondary N) is 2. The molecular formula is C16H24N6O2. The molecule has 0 saturated carbocycles. The maximum absolute atomic E-state index is 12.7. The third kappa shape index (κ3) is 2.91. The highest BCUT2D eigenvalue weighted by molar-refractivity contribution is 5.84. The molecule has 2 unspecified atom stereocenters. The standard InChI is InChI=1S/C16H24N6O2/c1-21-8-14(23)22(12-2-4-17-6-12)7-13-15(18-10-19-16(13)21)20-11-3-5-24-9-11/h10-12,17H,2-9H2,1H3,(H,18,19,20). The Morgan fingerprint density at radius 2 is 2.25 bits per heavy atom.